The van der Waals surface area contributed by atoms with Crippen LogP contribution in [0.1, 0.15) is 25.7 Å². The molecule has 1 fully saturated rings. The number of nitrogens with two attached hydrogens (primary N) is 1. The van der Waals surface area contributed by atoms with Gasteiger partial charge in [-0.15, -0.1) is 0 Å². The summed E-state index contributed by atoms with van der Waals surface area (Å²) >= 11 is 0. The topological polar surface area (TPSA) is 46.2 Å². The quantitative estimate of drug-likeness (QED) is 0.475. The number of hydrogen-bond acceptors (Lipinski definition) is 2. The van der Waals surface area contributed by atoms with Crippen molar-refractivity contribution in [2.24, 2.45) is 5.73 Å². The fourth-order valence-corrected chi connectivity index (χ4v) is 1.14. The van der Waals surface area contributed by atoms with Crippen LogP contribution in [0.2, 0.25) is 0 Å². The normalized spacial score (nSPS) is 39.8. The predicted octanol–water partition coefficient (Wildman–Crippen LogP) is 0.249. The lowest BCUT2D eigenvalue weighted by molar-refractivity contribution is 0.108. The maximum absolute atomic E-state index is 9.05. The Hall–Kier alpha value is -0.0800. The van der Waals surface area contributed by atoms with E-state index in [1.807, 2.05) is 0 Å². The smallest absolute Gasteiger partial charge is 0.0691 e. The van der Waals surface area contributed by atoms with Gasteiger partial charge in [0.15, 0.2) is 0 Å². The standard InChI is InChI=1S/C6H13NO/c7-5-3-1-2-4-6(5)8/h5-6,8H,1-4,7H2/t5?,6-/m0/s1. The Morgan fingerprint density at radius 1 is 1.25 bits per heavy atom. The summed E-state index contributed by atoms with van der Waals surface area (Å²) in [5.41, 5.74) is 5.53. The maximum atomic E-state index is 9.05. The first-order valence-electron chi connectivity index (χ1n) is 3.24. The molecule has 1 aliphatic rings. The van der Waals surface area contributed by atoms with Crippen LogP contribution in [0.4, 0.5) is 0 Å². The Labute approximate surface area is 49.7 Å². The van der Waals surface area contributed by atoms with Gasteiger partial charge in [-0.25, -0.2) is 0 Å². The van der Waals surface area contributed by atoms with Gasteiger partial charge in [-0.05, 0) is 12.8 Å². The van der Waals surface area contributed by atoms with Gasteiger partial charge in [0.2, 0.25) is 0 Å². The van der Waals surface area contributed by atoms with Crippen LogP contribution in [0.25, 0.3) is 0 Å². The highest BCUT2D eigenvalue weighted by atomic mass is 16.3. The fraction of sp³-hybridized carbons (Fsp3) is 1.00. The van der Waals surface area contributed by atoms with Crippen molar-refractivity contribution in [1.82, 2.24) is 0 Å². The first-order chi connectivity index (χ1) is 3.80. The zero-order chi connectivity index (χ0) is 5.98. The van der Waals surface area contributed by atoms with E-state index in [4.69, 9.17) is 10.8 Å². The molecule has 1 saturated carbocycles. The van der Waals surface area contributed by atoms with Crippen molar-refractivity contribution >= 4 is 0 Å². The van der Waals surface area contributed by atoms with Gasteiger partial charge in [0.05, 0.1) is 6.10 Å². The molecule has 2 atom stereocenters. The Morgan fingerprint density at radius 3 is 2.25 bits per heavy atom. The highest BCUT2D eigenvalue weighted by Gasteiger charge is 2.17. The van der Waals surface area contributed by atoms with Crippen molar-refractivity contribution in [3.05, 3.63) is 0 Å². The molecule has 0 bridgehead atoms. The molecular weight excluding hydrogens is 102 g/mol. The highest BCUT2D eigenvalue weighted by molar-refractivity contribution is 4.76. The molecule has 2 nitrogen and oxygen atoms in total. The average Bonchev–Trinajstić information content (AvgIpc) is 1.77. The number of aliphatic hydroxyl groups excluding tert-OH is 1. The molecule has 1 unspecified atom stereocenters. The summed E-state index contributed by atoms with van der Waals surface area (Å²) < 4.78 is 0. The molecule has 1 rings (SSSR count). The van der Waals surface area contributed by atoms with Crippen LogP contribution in [-0.2, 0) is 0 Å². The van der Waals surface area contributed by atoms with E-state index in [2.05, 4.69) is 0 Å². The Kier molecular flexibility index (Phi) is 1.86. The van der Waals surface area contributed by atoms with E-state index < -0.39 is 0 Å². The predicted molar refractivity (Wildman–Crippen MR) is 32.5 cm³/mol. The lowest BCUT2D eigenvalue weighted by Gasteiger charge is -2.23. The van der Waals surface area contributed by atoms with Gasteiger partial charge in [0.1, 0.15) is 0 Å². The number of aliphatic hydroxyl groups is 1. The molecule has 3 N–H and O–H groups in total. The summed E-state index contributed by atoms with van der Waals surface area (Å²) in [6.07, 6.45) is 4.03. The molecular formula is C6H13NO. The first-order valence-corrected chi connectivity index (χ1v) is 3.24. The second-order valence-electron chi connectivity index (χ2n) is 2.52. The molecule has 0 aromatic heterocycles. The van der Waals surface area contributed by atoms with Crippen molar-refractivity contribution in [1.29, 1.82) is 0 Å². The summed E-state index contributed by atoms with van der Waals surface area (Å²) in [5.74, 6) is 0. The summed E-state index contributed by atoms with van der Waals surface area (Å²) in [7, 11) is 0. The monoisotopic (exact) mass is 115 g/mol. The molecule has 2 heteroatoms. The lowest BCUT2D eigenvalue weighted by atomic mass is 9.94. The van der Waals surface area contributed by atoms with E-state index in [-0.39, 0.29) is 12.1 Å². The van der Waals surface area contributed by atoms with Crippen molar-refractivity contribution in [2.45, 2.75) is 37.8 Å². The Morgan fingerprint density at radius 2 is 1.88 bits per heavy atom. The van der Waals surface area contributed by atoms with E-state index in [9.17, 15) is 0 Å². The average molecular weight is 115 g/mol. The van der Waals surface area contributed by atoms with Gasteiger partial charge in [0, 0.05) is 6.04 Å². The third kappa shape index (κ3) is 1.20. The fourth-order valence-electron chi connectivity index (χ4n) is 1.14. The molecule has 0 radical (unpaired) electrons. The third-order valence-electron chi connectivity index (χ3n) is 1.78. The van der Waals surface area contributed by atoms with Crippen molar-refractivity contribution in [3.63, 3.8) is 0 Å². The van der Waals surface area contributed by atoms with Crippen LogP contribution in [0.15, 0.2) is 0 Å². The van der Waals surface area contributed by atoms with Crippen LogP contribution in [-0.4, -0.2) is 17.3 Å². The summed E-state index contributed by atoms with van der Waals surface area (Å²) in [5, 5.41) is 9.05. The first kappa shape index (κ1) is 6.05. The molecule has 0 aliphatic heterocycles. The van der Waals surface area contributed by atoms with Crippen LogP contribution in [0, 0.1) is 0 Å². The number of hydrogen-bond donors (Lipinski definition) is 2. The Bertz CT molecular complexity index is 64.9. The molecule has 0 heterocycles. The SMILES string of the molecule is NC1CCCC[C@@H]1O. The van der Waals surface area contributed by atoms with Crippen LogP contribution in [0.5, 0.6) is 0 Å². The summed E-state index contributed by atoms with van der Waals surface area (Å²) in [6.45, 7) is 0. The second kappa shape index (κ2) is 2.46. The molecule has 0 saturated heterocycles. The van der Waals surface area contributed by atoms with Crippen molar-refractivity contribution in [3.8, 4) is 0 Å². The molecule has 0 amide bonds. The molecule has 8 heavy (non-hydrogen) atoms. The van der Waals surface area contributed by atoms with E-state index in [0.29, 0.717) is 0 Å². The van der Waals surface area contributed by atoms with Gasteiger partial charge in [0.25, 0.3) is 0 Å². The minimum absolute atomic E-state index is 0.0590. The van der Waals surface area contributed by atoms with Gasteiger partial charge in [-0.1, -0.05) is 12.8 Å². The zero-order valence-corrected chi connectivity index (χ0v) is 5.01. The van der Waals surface area contributed by atoms with Crippen molar-refractivity contribution < 1.29 is 5.11 Å². The Balaban J connectivity index is 2.28. The molecule has 0 spiro atoms. The lowest BCUT2D eigenvalue weighted by Crippen LogP contribution is -2.37. The molecule has 48 valence electrons. The maximum Gasteiger partial charge on any atom is 0.0691 e. The van der Waals surface area contributed by atoms with Crippen LogP contribution in [0.3, 0.4) is 0 Å². The molecule has 0 aromatic rings. The summed E-state index contributed by atoms with van der Waals surface area (Å²) in [4.78, 5) is 0. The van der Waals surface area contributed by atoms with Gasteiger partial charge < -0.3 is 10.8 Å². The molecule has 1 aliphatic carbocycles. The minimum atomic E-state index is -0.219. The van der Waals surface area contributed by atoms with E-state index >= 15 is 0 Å². The second-order valence-corrected chi connectivity index (χ2v) is 2.52. The van der Waals surface area contributed by atoms with E-state index in [1.54, 1.807) is 0 Å². The van der Waals surface area contributed by atoms with Gasteiger partial charge in [-0.3, -0.25) is 0 Å². The van der Waals surface area contributed by atoms with Crippen LogP contribution >= 0.6 is 0 Å². The van der Waals surface area contributed by atoms with Gasteiger partial charge >= 0.3 is 0 Å². The summed E-state index contributed by atoms with van der Waals surface area (Å²) in [6, 6.07) is 0.0590. The molecule has 0 aromatic carbocycles. The highest BCUT2D eigenvalue weighted by Crippen LogP contribution is 2.15. The number of rotatable bonds is 0. The largest absolute Gasteiger partial charge is 0.392 e. The third-order valence-corrected chi connectivity index (χ3v) is 1.78. The zero-order valence-electron chi connectivity index (χ0n) is 5.01. The minimum Gasteiger partial charge on any atom is -0.392 e. The van der Waals surface area contributed by atoms with Gasteiger partial charge in [-0.2, -0.15) is 0 Å². The van der Waals surface area contributed by atoms with E-state index in [0.717, 1.165) is 19.3 Å². The van der Waals surface area contributed by atoms with E-state index in [1.165, 1.54) is 6.42 Å². The van der Waals surface area contributed by atoms with Crippen molar-refractivity contribution in [2.75, 3.05) is 0 Å². The van der Waals surface area contributed by atoms with Crippen LogP contribution < -0.4 is 5.73 Å².